The fourth-order valence-corrected chi connectivity index (χ4v) is 3.83. The molecule has 0 spiro atoms. The van der Waals surface area contributed by atoms with Crippen molar-refractivity contribution >= 4 is 0 Å². The van der Waals surface area contributed by atoms with E-state index >= 15 is 0 Å². The average Bonchev–Trinajstić information content (AvgIpc) is 2.57. The Bertz CT molecular complexity index is 548. The number of aliphatic hydroxyl groups excluding tert-OH is 1. The van der Waals surface area contributed by atoms with E-state index in [9.17, 15) is 5.11 Å². The molecule has 1 aliphatic rings. The van der Waals surface area contributed by atoms with Gasteiger partial charge in [0.05, 0.1) is 14.2 Å². The topological polar surface area (TPSA) is 45.2 Å². The first-order valence-electron chi connectivity index (χ1n) is 9.27. The summed E-state index contributed by atoms with van der Waals surface area (Å²) in [4.78, 5) is 5.01. The van der Waals surface area contributed by atoms with Gasteiger partial charge in [-0.25, -0.2) is 0 Å². The summed E-state index contributed by atoms with van der Waals surface area (Å²) >= 11 is 0. The van der Waals surface area contributed by atoms with Crippen LogP contribution in [0.4, 0.5) is 0 Å². The maximum Gasteiger partial charge on any atom is 0.129 e. The molecule has 1 saturated heterocycles. The van der Waals surface area contributed by atoms with Gasteiger partial charge < -0.3 is 14.6 Å². The van der Waals surface area contributed by atoms with E-state index in [1.165, 1.54) is 5.56 Å². The molecule has 1 unspecified atom stereocenters. The third-order valence-corrected chi connectivity index (χ3v) is 5.01. The van der Waals surface area contributed by atoms with Gasteiger partial charge in [0.2, 0.25) is 0 Å². The molecule has 5 nitrogen and oxygen atoms in total. The lowest BCUT2D eigenvalue weighted by atomic mass is 10.0. The van der Waals surface area contributed by atoms with Crippen LogP contribution in [0, 0.1) is 12.8 Å². The Hall–Kier alpha value is -1.30. The summed E-state index contributed by atoms with van der Waals surface area (Å²) in [6.07, 6.45) is 0.835. The van der Waals surface area contributed by atoms with E-state index in [0.717, 1.165) is 56.2 Å². The first-order valence-corrected chi connectivity index (χ1v) is 9.27. The van der Waals surface area contributed by atoms with Crippen molar-refractivity contribution < 1.29 is 14.6 Å². The van der Waals surface area contributed by atoms with Crippen LogP contribution in [-0.4, -0.2) is 68.0 Å². The Morgan fingerprint density at radius 3 is 2.56 bits per heavy atom. The normalized spacial score (nSPS) is 19.4. The Morgan fingerprint density at radius 2 is 1.96 bits per heavy atom. The molecule has 5 heteroatoms. The highest BCUT2D eigenvalue weighted by Crippen LogP contribution is 2.32. The number of piperazine rings is 1. The number of rotatable bonds is 8. The van der Waals surface area contributed by atoms with Crippen LogP contribution in [-0.2, 0) is 6.54 Å². The number of benzene rings is 1. The summed E-state index contributed by atoms with van der Waals surface area (Å²) in [6, 6.07) is 4.55. The zero-order chi connectivity index (χ0) is 18.4. The highest BCUT2D eigenvalue weighted by molar-refractivity contribution is 5.49. The minimum atomic E-state index is 0.248. The Kier molecular flexibility index (Phi) is 7.54. The standard InChI is InChI=1S/C20H34N2O3/c1-15(2)12-22-10-9-21(14-18(22)8-11-23)13-17-6-7-19(24-4)16(3)20(17)25-5/h6-7,15,18,23H,8-14H2,1-5H3. The number of ether oxygens (including phenoxy) is 2. The predicted octanol–water partition coefficient (Wildman–Crippen LogP) is 2.54. The molecule has 0 bridgehead atoms. The summed E-state index contributed by atoms with van der Waals surface area (Å²) in [5.41, 5.74) is 2.24. The van der Waals surface area contributed by atoms with Gasteiger partial charge in [-0.2, -0.15) is 0 Å². The Labute approximate surface area is 152 Å². The van der Waals surface area contributed by atoms with Gasteiger partial charge in [0.15, 0.2) is 0 Å². The van der Waals surface area contributed by atoms with Crippen molar-refractivity contribution in [2.24, 2.45) is 5.92 Å². The van der Waals surface area contributed by atoms with E-state index in [1.54, 1.807) is 14.2 Å². The van der Waals surface area contributed by atoms with Crippen molar-refractivity contribution in [3.05, 3.63) is 23.3 Å². The quantitative estimate of drug-likeness (QED) is 0.781. The minimum Gasteiger partial charge on any atom is -0.496 e. The van der Waals surface area contributed by atoms with Gasteiger partial charge in [-0.3, -0.25) is 9.80 Å². The molecule has 1 heterocycles. The molecule has 1 atom stereocenters. The van der Waals surface area contributed by atoms with Crippen LogP contribution in [0.5, 0.6) is 11.5 Å². The van der Waals surface area contributed by atoms with Crippen LogP contribution in [0.15, 0.2) is 12.1 Å². The number of nitrogens with zero attached hydrogens (tertiary/aromatic N) is 2. The van der Waals surface area contributed by atoms with Crippen LogP contribution < -0.4 is 9.47 Å². The summed E-state index contributed by atoms with van der Waals surface area (Å²) < 4.78 is 11.1. The molecule has 0 radical (unpaired) electrons. The largest absolute Gasteiger partial charge is 0.496 e. The van der Waals surface area contributed by atoms with Crippen LogP contribution in [0.2, 0.25) is 0 Å². The van der Waals surface area contributed by atoms with Crippen molar-refractivity contribution in [3.8, 4) is 11.5 Å². The molecule has 25 heavy (non-hydrogen) atoms. The second kappa shape index (κ2) is 9.41. The fourth-order valence-electron chi connectivity index (χ4n) is 3.83. The molecular formula is C20H34N2O3. The van der Waals surface area contributed by atoms with E-state index in [4.69, 9.17) is 9.47 Å². The van der Waals surface area contributed by atoms with Gasteiger partial charge in [0.1, 0.15) is 11.5 Å². The second-order valence-corrected chi connectivity index (χ2v) is 7.38. The zero-order valence-electron chi connectivity index (χ0n) is 16.4. The van der Waals surface area contributed by atoms with Gasteiger partial charge in [0.25, 0.3) is 0 Å². The molecule has 1 N–H and O–H groups in total. The lowest BCUT2D eigenvalue weighted by molar-refractivity contribution is 0.0473. The first kappa shape index (κ1) is 20.0. The molecule has 1 fully saturated rings. The van der Waals surface area contributed by atoms with Crippen molar-refractivity contribution in [1.82, 2.24) is 9.80 Å². The fraction of sp³-hybridized carbons (Fsp3) is 0.700. The number of hydrogen-bond acceptors (Lipinski definition) is 5. The van der Waals surface area contributed by atoms with Crippen molar-refractivity contribution in [2.45, 2.75) is 39.8 Å². The summed E-state index contributed by atoms with van der Waals surface area (Å²) in [6.45, 7) is 11.9. The molecule has 0 amide bonds. The number of hydrogen-bond donors (Lipinski definition) is 1. The van der Waals surface area contributed by atoms with Gasteiger partial charge >= 0.3 is 0 Å². The molecule has 1 aromatic rings. The van der Waals surface area contributed by atoms with Gasteiger partial charge in [-0.05, 0) is 25.3 Å². The molecule has 0 aliphatic carbocycles. The van der Waals surface area contributed by atoms with Crippen molar-refractivity contribution in [3.63, 3.8) is 0 Å². The van der Waals surface area contributed by atoms with Crippen LogP contribution >= 0.6 is 0 Å². The van der Waals surface area contributed by atoms with E-state index in [1.807, 2.05) is 13.0 Å². The van der Waals surface area contributed by atoms with E-state index in [-0.39, 0.29) is 6.61 Å². The average molecular weight is 351 g/mol. The number of methoxy groups -OCH3 is 2. The third-order valence-electron chi connectivity index (χ3n) is 5.01. The smallest absolute Gasteiger partial charge is 0.129 e. The summed E-state index contributed by atoms with van der Waals surface area (Å²) in [5, 5.41) is 9.44. The maximum atomic E-state index is 9.44. The van der Waals surface area contributed by atoms with Gasteiger partial charge in [-0.15, -0.1) is 0 Å². The lowest BCUT2D eigenvalue weighted by Crippen LogP contribution is -2.53. The monoisotopic (exact) mass is 350 g/mol. The Balaban J connectivity index is 2.09. The molecule has 2 rings (SSSR count). The maximum absolute atomic E-state index is 9.44. The van der Waals surface area contributed by atoms with Gasteiger partial charge in [0, 0.05) is 56.5 Å². The molecule has 1 aliphatic heterocycles. The minimum absolute atomic E-state index is 0.248. The van der Waals surface area contributed by atoms with Crippen LogP contribution in [0.3, 0.4) is 0 Å². The molecule has 0 saturated carbocycles. The molecule has 0 aromatic heterocycles. The van der Waals surface area contributed by atoms with Crippen LogP contribution in [0.1, 0.15) is 31.4 Å². The predicted molar refractivity (Wildman–Crippen MR) is 101 cm³/mol. The first-order chi connectivity index (χ1) is 12.0. The van der Waals surface area contributed by atoms with Crippen molar-refractivity contribution in [2.75, 3.05) is 47.0 Å². The van der Waals surface area contributed by atoms with E-state index in [2.05, 4.69) is 29.7 Å². The molecular weight excluding hydrogens is 316 g/mol. The van der Waals surface area contributed by atoms with E-state index in [0.29, 0.717) is 12.0 Å². The highest BCUT2D eigenvalue weighted by Gasteiger charge is 2.27. The highest BCUT2D eigenvalue weighted by atomic mass is 16.5. The van der Waals surface area contributed by atoms with Gasteiger partial charge in [-0.1, -0.05) is 19.9 Å². The SMILES string of the molecule is COc1ccc(CN2CCN(CC(C)C)C(CCO)C2)c(OC)c1C. The summed E-state index contributed by atoms with van der Waals surface area (Å²) in [7, 11) is 3.41. The lowest BCUT2D eigenvalue weighted by Gasteiger charge is -2.42. The van der Waals surface area contributed by atoms with Crippen molar-refractivity contribution in [1.29, 1.82) is 0 Å². The summed E-state index contributed by atoms with van der Waals surface area (Å²) in [5.74, 6) is 2.43. The molecule has 1 aromatic carbocycles. The third kappa shape index (κ3) is 5.09. The molecule has 142 valence electrons. The van der Waals surface area contributed by atoms with E-state index < -0.39 is 0 Å². The zero-order valence-corrected chi connectivity index (χ0v) is 16.4. The number of aliphatic hydroxyl groups is 1. The van der Waals surface area contributed by atoms with Crippen LogP contribution in [0.25, 0.3) is 0 Å². The Morgan fingerprint density at radius 1 is 1.20 bits per heavy atom. The second-order valence-electron chi connectivity index (χ2n) is 7.38.